The highest BCUT2D eigenvalue weighted by molar-refractivity contribution is 5.45. The molecule has 2 aromatic rings. The Morgan fingerprint density at radius 2 is 1.94 bits per heavy atom. The summed E-state index contributed by atoms with van der Waals surface area (Å²) in [5.74, 6) is 0.693. The van der Waals surface area contributed by atoms with E-state index in [4.69, 9.17) is 11.5 Å². The van der Waals surface area contributed by atoms with Crippen LogP contribution in [0.2, 0.25) is 0 Å². The summed E-state index contributed by atoms with van der Waals surface area (Å²) in [7, 11) is 0. The molecule has 4 nitrogen and oxygen atoms in total. The summed E-state index contributed by atoms with van der Waals surface area (Å²) in [6.07, 6.45) is 2.41. The summed E-state index contributed by atoms with van der Waals surface area (Å²) < 4.78 is 1.80. The SMILES string of the molecule is CC1(c2cc(N)n(-c3ccc(CN)cc3)n2)CC1. The Morgan fingerprint density at radius 1 is 1.28 bits per heavy atom. The molecule has 0 aliphatic heterocycles. The molecule has 0 radical (unpaired) electrons. The summed E-state index contributed by atoms with van der Waals surface area (Å²) in [6, 6.07) is 10.0. The number of nitrogens with zero attached hydrogens (tertiary/aromatic N) is 2. The van der Waals surface area contributed by atoms with E-state index >= 15 is 0 Å². The van der Waals surface area contributed by atoms with Crippen LogP contribution < -0.4 is 11.5 Å². The molecule has 0 atom stereocenters. The van der Waals surface area contributed by atoms with E-state index in [-0.39, 0.29) is 5.41 Å². The highest BCUT2D eigenvalue weighted by Gasteiger charge is 2.41. The van der Waals surface area contributed by atoms with Gasteiger partial charge >= 0.3 is 0 Å². The Labute approximate surface area is 107 Å². The van der Waals surface area contributed by atoms with Crippen molar-refractivity contribution in [3.8, 4) is 5.69 Å². The molecule has 4 N–H and O–H groups in total. The van der Waals surface area contributed by atoms with Crippen molar-refractivity contribution in [3.05, 3.63) is 41.6 Å². The van der Waals surface area contributed by atoms with Crippen molar-refractivity contribution in [1.29, 1.82) is 0 Å². The summed E-state index contributed by atoms with van der Waals surface area (Å²) in [5.41, 5.74) is 15.1. The van der Waals surface area contributed by atoms with E-state index in [1.165, 1.54) is 12.8 Å². The van der Waals surface area contributed by atoms with E-state index < -0.39 is 0 Å². The van der Waals surface area contributed by atoms with E-state index in [0.717, 1.165) is 16.9 Å². The molecule has 0 unspecified atom stereocenters. The maximum atomic E-state index is 6.04. The van der Waals surface area contributed by atoms with Gasteiger partial charge in [-0.3, -0.25) is 0 Å². The van der Waals surface area contributed by atoms with Crippen LogP contribution in [-0.4, -0.2) is 9.78 Å². The van der Waals surface area contributed by atoms with Crippen LogP contribution in [0.5, 0.6) is 0 Å². The molecule has 1 aromatic heterocycles. The lowest BCUT2D eigenvalue weighted by Crippen LogP contribution is -2.05. The van der Waals surface area contributed by atoms with E-state index in [1.54, 1.807) is 4.68 Å². The number of benzene rings is 1. The number of hydrogen-bond acceptors (Lipinski definition) is 3. The molecule has 1 aliphatic carbocycles. The van der Waals surface area contributed by atoms with Crippen LogP contribution in [0.15, 0.2) is 30.3 Å². The lowest BCUT2D eigenvalue weighted by molar-refractivity contribution is 0.718. The molecule has 94 valence electrons. The minimum atomic E-state index is 0.247. The second-order valence-electron chi connectivity index (χ2n) is 5.30. The minimum Gasteiger partial charge on any atom is -0.384 e. The van der Waals surface area contributed by atoms with Crippen molar-refractivity contribution in [3.63, 3.8) is 0 Å². The average Bonchev–Trinajstić information content (AvgIpc) is 3.01. The van der Waals surface area contributed by atoms with Gasteiger partial charge in [0.05, 0.1) is 11.4 Å². The number of nitrogen functional groups attached to an aromatic ring is 1. The summed E-state index contributed by atoms with van der Waals surface area (Å²) in [4.78, 5) is 0. The molecule has 4 heteroatoms. The zero-order valence-electron chi connectivity index (χ0n) is 10.6. The summed E-state index contributed by atoms with van der Waals surface area (Å²) in [6.45, 7) is 2.79. The molecule has 18 heavy (non-hydrogen) atoms. The second-order valence-corrected chi connectivity index (χ2v) is 5.30. The predicted molar refractivity (Wildman–Crippen MR) is 72.5 cm³/mol. The van der Waals surface area contributed by atoms with Gasteiger partial charge in [0.15, 0.2) is 0 Å². The van der Waals surface area contributed by atoms with Gasteiger partial charge in [-0.2, -0.15) is 5.10 Å². The predicted octanol–water partition coefficient (Wildman–Crippen LogP) is 1.96. The van der Waals surface area contributed by atoms with Gasteiger partial charge in [-0.1, -0.05) is 19.1 Å². The molecule has 0 bridgehead atoms. The first-order valence-electron chi connectivity index (χ1n) is 6.28. The number of aromatic nitrogens is 2. The fraction of sp³-hybridized carbons (Fsp3) is 0.357. The molecule has 1 saturated carbocycles. The third-order valence-electron chi connectivity index (χ3n) is 3.77. The molecule has 0 saturated heterocycles. The van der Waals surface area contributed by atoms with Gasteiger partial charge in [0.2, 0.25) is 0 Å². The molecule has 3 rings (SSSR count). The van der Waals surface area contributed by atoms with E-state index in [1.807, 2.05) is 30.3 Å². The fourth-order valence-corrected chi connectivity index (χ4v) is 2.11. The Bertz CT molecular complexity index is 564. The fourth-order valence-electron chi connectivity index (χ4n) is 2.11. The monoisotopic (exact) mass is 242 g/mol. The minimum absolute atomic E-state index is 0.247. The van der Waals surface area contributed by atoms with Crippen LogP contribution in [0.25, 0.3) is 5.69 Å². The molecule has 0 amide bonds. The molecule has 1 aliphatic rings. The van der Waals surface area contributed by atoms with Crippen molar-refractivity contribution in [1.82, 2.24) is 9.78 Å². The third-order valence-corrected chi connectivity index (χ3v) is 3.77. The smallest absolute Gasteiger partial charge is 0.127 e. The first-order valence-corrected chi connectivity index (χ1v) is 6.28. The number of rotatable bonds is 3. The van der Waals surface area contributed by atoms with Crippen molar-refractivity contribution in [2.24, 2.45) is 5.73 Å². The zero-order valence-corrected chi connectivity index (χ0v) is 10.6. The molecular weight excluding hydrogens is 224 g/mol. The van der Waals surface area contributed by atoms with E-state index in [0.29, 0.717) is 12.4 Å². The van der Waals surface area contributed by atoms with E-state index in [2.05, 4.69) is 12.0 Å². The van der Waals surface area contributed by atoms with Gasteiger partial charge in [0, 0.05) is 18.0 Å². The van der Waals surface area contributed by atoms with Gasteiger partial charge < -0.3 is 11.5 Å². The van der Waals surface area contributed by atoms with Crippen LogP contribution in [-0.2, 0) is 12.0 Å². The van der Waals surface area contributed by atoms with E-state index in [9.17, 15) is 0 Å². The van der Waals surface area contributed by atoms with Gasteiger partial charge in [0.1, 0.15) is 5.82 Å². The van der Waals surface area contributed by atoms with Crippen molar-refractivity contribution in [2.45, 2.75) is 31.7 Å². The van der Waals surface area contributed by atoms with Gasteiger partial charge in [-0.05, 0) is 30.5 Å². The van der Waals surface area contributed by atoms with Gasteiger partial charge in [-0.25, -0.2) is 4.68 Å². The molecule has 0 spiro atoms. The standard InChI is InChI=1S/C14H18N4/c1-14(6-7-14)12-8-13(16)18(17-12)11-4-2-10(9-15)3-5-11/h2-5,8H,6-7,9,15-16H2,1H3. The molecule has 1 heterocycles. The van der Waals surface area contributed by atoms with Crippen molar-refractivity contribution >= 4 is 5.82 Å². The maximum absolute atomic E-state index is 6.04. The quantitative estimate of drug-likeness (QED) is 0.864. The third kappa shape index (κ3) is 1.78. The lowest BCUT2D eigenvalue weighted by Gasteiger charge is -2.05. The largest absolute Gasteiger partial charge is 0.384 e. The molecule has 1 aromatic carbocycles. The van der Waals surface area contributed by atoms with Crippen LogP contribution >= 0.6 is 0 Å². The Morgan fingerprint density at radius 3 is 2.50 bits per heavy atom. The van der Waals surface area contributed by atoms with Crippen molar-refractivity contribution < 1.29 is 0 Å². The second kappa shape index (κ2) is 3.85. The van der Waals surface area contributed by atoms with Crippen LogP contribution in [0.4, 0.5) is 5.82 Å². The summed E-state index contributed by atoms with van der Waals surface area (Å²) in [5, 5.41) is 4.63. The van der Waals surface area contributed by atoms with Gasteiger partial charge in [-0.15, -0.1) is 0 Å². The number of nitrogens with two attached hydrogens (primary N) is 2. The number of anilines is 1. The first kappa shape index (κ1) is 11.3. The maximum Gasteiger partial charge on any atom is 0.127 e. The van der Waals surface area contributed by atoms with Crippen LogP contribution in [0.3, 0.4) is 0 Å². The number of hydrogen-bond donors (Lipinski definition) is 2. The highest BCUT2D eigenvalue weighted by Crippen LogP contribution is 2.47. The molecule has 1 fully saturated rings. The Balaban J connectivity index is 1.97. The van der Waals surface area contributed by atoms with Crippen LogP contribution in [0.1, 0.15) is 31.0 Å². The summed E-state index contributed by atoms with van der Waals surface area (Å²) >= 11 is 0. The topological polar surface area (TPSA) is 69.9 Å². The first-order chi connectivity index (χ1) is 8.62. The highest BCUT2D eigenvalue weighted by atomic mass is 15.3. The average molecular weight is 242 g/mol. The van der Waals surface area contributed by atoms with Crippen LogP contribution in [0, 0.1) is 0 Å². The lowest BCUT2D eigenvalue weighted by atomic mass is 10.1. The normalized spacial score (nSPS) is 16.8. The molecular formula is C14H18N4. The van der Waals surface area contributed by atoms with Gasteiger partial charge in [0.25, 0.3) is 0 Å². The Hall–Kier alpha value is -1.81. The van der Waals surface area contributed by atoms with Crippen molar-refractivity contribution in [2.75, 3.05) is 5.73 Å². The Kier molecular flexibility index (Phi) is 2.41. The zero-order chi connectivity index (χ0) is 12.8.